The summed E-state index contributed by atoms with van der Waals surface area (Å²) >= 11 is 0. The van der Waals surface area contributed by atoms with Crippen LogP contribution >= 0.6 is 0 Å². The zero-order valence-corrected chi connectivity index (χ0v) is 11.9. The number of rotatable bonds is 4. The van der Waals surface area contributed by atoms with Gasteiger partial charge in [-0.15, -0.1) is 0 Å². The molecular weight excluding hydrogens is 230 g/mol. The van der Waals surface area contributed by atoms with Gasteiger partial charge in [-0.3, -0.25) is 4.68 Å². The molecule has 0 saturated heterocycles. The van der Waals surface area contributed by atoms with Crippen LogP contribution in [0.25, 0.3) is 0 Å². The van der Waals surface area contributed by atoms with Crippen molar-refractivity contribution in [2.24, 2.45) is 0 Å². The molecule has 1 amide bonds. The van der Waals surface area contributed by atoms with Gasteiger partial charge in [0.1, 0.15) is 5.60 Å². The van der Waals surface area contributed by atoms with Gasteiger partial charge in [0.05, 0.1) is 12.7 Å². The third kappa shape index (κ3) is 5.21. The van der Waals surface area contributed by atoms with E-state index < -0.39 is 11.7 Å². The summed E-state index contributed by atoms with van der Waals surface area (Å²) in [5.41, 5.74) is 0.743. The average Bonchev–Trinajstić information content (AvgIpc) is 2.63. The average molecular weight is 253 g/mol. The maximum Gasteiger partial charge on any atom is 0.407 e. The Morgan fingerprint density at radius 2 is 2.17 bits per heavy atom. The van der Waals surface area contributed by atoms with Gasteiger partial charge < -0.3 is 10.1 Å². The quantitative estimate of drug-likeness (QED) is 0.897. The van der Waals surface area contributed by atoms with Crippen LogP contribution in [0.5, 0.6) is 0 Å². The molecule has 5 heteroatoms. The summed E-state index contributed by atoms with van der Waals surface area (Å²) in [6, 6.07) is 0. The molecule has 1 aromatic heterocycles. The summed E-state index contributed by atoms with van der Waals surface area (Å²) in [4.78, 5) is 11.4. The summed E-state index contributed by atoms with van der Waals surface area (Å²) in [5.74, 6) is 0.470. The molecular formula is C13H23N3O2. The highest BCUT2D eigenvalue weighted by Crippen LogP contribution is 2.11. The maximum atomic E-state index is 11.4. The topological polar surface area (TPSA) is 56.2 Å². The van der Waals surface area contributed by atoms with Crippen LogP contribution < -0.4 is 5.32 Å². The molecule has 0 aliphatic rings. The lowest BCUT2D eigenvalue weighted by molar-refractivity contribution is 0.0525. The predicted molar refractivity (Wildman–Crippen MR) is 70.6 cm³/mol. The van der Waals surface area contributed by atoms with Gasteiger partial charge in [-0.2, -0.15) is 5.10 Å². The van der Waals surface area contributed by atoms with Crippen molar-refractivity contribution in [1.29, 1.82) is 0 Å². The number of aromatic nitrogens is 2. The van der Waals surface area contributed by atoms with Gasteiger partial charge in [-0.1, -0.05) is 13.8 Å². The first-order valence-corrected chi connectivity index (χ1v) is 6.27. The van der Waals surface area contributed by atoms with Crippen molar-refractivity contribution in [2.75, 3.05) is 6.54 Å². The molecule has 1 heterocycles. The van der Waals surface area contributed by atoms with E-state index in [0.29, 0.717) is 19.0 Å². The Bertz CT molecular complexity index is 391. The highest BCUT2D eigenvalue weighted by molar-refractivity contribution is 5.67. The molecule has 1 aromatic rings. The number of alkyl carbamates (subject to hydrolysis) is 1. The van der Waals surface area contributed by atoms with Gasteiger partial charge in [0, 0.05) is 12.7 Å². The Balaban J connectivity index is 2.31. The Morgan fingerprint density at radius 3 is 2.67 bits per heavy atom. The van der Waals surface area contributed by atoms with Crippen molar-refractivity contribution in [3.05, 3.63) is 18.0 Å². The number of carbonyl (C=O) groups is 1. The Morgan fingerprint density at radius 1 is 1.50 bits per heavy atom. The summed E-state index contributed by atoms with van der Waals surface area (Å²) in [6.07, 6.45) is 3.47. The standard InChI is InChI=1S/C13H23N3O2/c1-10(2)11-8-15-16(9-11)7-6-14-12(17)18-13(3,4)5/h8-10H,6-7H2,1-5H3,(H,14,17). The first-order chi connectivity index (χ1) is 8.28. The summed E-state index contributed by atoms with van der Waals surface area (Å²) in [5, 5.41) is 6.94. The Kier molecular flexibility index (Phi) is 4.76. The molecule has 0 spiro atoms. The fourth-order valence-corrected chi connectivity index (χ4v) is 1.39. The second kappa shape index (κ2) is 5.89. The van der Waals surface area contributed by atoms with Crippen LogP contribution in [0.15, 0.2) is 12.4 Å². The molecule has 0 bridgehead atoms. The lowest BCUT2D eigenvalue weighted by atomic mass is 10.1. The molecule has 1 rings (SSSR count). The molecule has 0 unspecified atom stereocenters. The molecule has 0 fully saturated rings. The van der Waals surface area contributed by atoms with E-state index in [1.54, 1.807) is 0 Å². The zero-order chi connectivity index (χ0) is 13.8. The number of nitrogens with one attached hydrogen (secondary N) is 1. The number of hydrogen-bond acceptors (Lipinski definition) is 3. The van der Waals surface area contributed by atoms with Gasteiger partial charge >= 0.3 is 6.09 Å². The van der Waals surface area contributed by atoms with Crippen LogP contribution in [0.2, 0.25) is 0 Å². The summed E-state index contributed by atoms with van der Waals surface area (Å²) in [7, 11) is 0. The van der Waals surface area contributed by atoms with Crippen LogP contribution in [0.3, 0.4) is 0 Å². The third-order valence-electron chi connectivity index (χ3n) is 2.33. The smallest absolute Gasteiger partial charge is 0.407 e. The number of carbonyl (C=O) groups excluding carboxylic acids is 1. The van der Waals surface area contributed by atoms with Crippen LogP contribution in [-0.4, -0.2) is 28.0 Å². The van der Waals surface area contributed by atoms with E-state index in [2.05, 4.69) is 24.3 Å². The Hall–Kier alpha value is -1.52. The molecule has 5 nitrogen and oxygen atoms in total. The summed E-state index contributed by atoms with van der Waals surface area (Å²) < 4.78 is 6.97. The van der Waals surface area contributed by atoms with E-state index in [-0.39, 0.29) is 0 Å². The SMILES string of the molecule is CC(C)c1cnn(CCNC(=O)OC(C)(C)C)c1. The zero-order valence-electron chi connectivity index (χ0n) is 11.9. The van der Waals surface area contributed by atoms with Crippen LogP contribution in [0, 0.1) is 0 Å². The molecule has 0 aliphatic heterocycles. The number of ether oxygens (including phenoxy) is 1. The maximum absolute atomic E-state index is 11.4. The van der Waals surface area contributed by atoms with Gasteiger partial charge in [0.2, 0.25) is 0 Å². The third-order valence-corrected chi connectivity index (χ3v) is 2.33. The van der Waals surface area contributed by atoms with E-state index >= 15 is 0 Å². The normalized spacial score (nSPS) is 11.7. The molecule has 0 atom stereocenters. The monoisotopic (exact) mass is 253 g/mol. The van der Waals surface area contributed by atoms with Gasteiger partial charge in [-0.05, 0) is 32.3 Å². The van der Waals surface area contributed by atoms with E-state index in [9.17, 15) is 4.79 Å². The largest absolute Gasteiger partial charge is 0.444 e. The minimum atomic E-state index is -0.458. The number of nitrogens with zero attached hydrogens (tertiary/aromatic N) is 2. The first-order valence-electron chi connectivity index (χ1n) is 6.27. The van der Waals surface area contributed by atoms with E-state index in [0.717, 1.165) is 0 Å². The Labute approximate surface area is 109 Å². The van der Waals surface area contributed by atoms with Crippen LogP contribution in [0.1, 0.15) is 46.1 Å². The van der Waals surface area contributed by atoms with Crippen molar-refractivity contribution in [1.82, 2.24) is 15.1 Å². The molecule has 0 aromatic carbocycles. The van der Waals surface area contributed by atoms with Crippen LogP contribution in [-0.2, 0) is 11.3 Å². The highest BCUT2D eigenvalue weighted by atomic mass is 16.6. The second-order valence-electron chi connectivity index (χ2n) is 5.62. The van der Waals surface area contributed by atoms with Crippen molar-refractivity contribution in [3.8, 4) is 0 Å². The highest BCUT2D eigenvalue weighted by Gasteiger charge is 2.15. The fraction of sp³-hybridized carbons (Fsp3) is 0.692. The molecule has 102 valence electrons. The summed E-state index contributed by atoms with van der Waals surface area (Å²) in [6.45, 7) is 10.9. The first kappa shape index (κ1) is 14.5. The molecule has 0 aliphatic carbocycles. The molecule has 1 N–H and O–H groups in total. The lowest BCUT2D eigenvalue weighted by Gasteiger charge is -2.19. The van der Waals surface area contributed by atoms with Gasteiger partial charge in [-0.25, -0.2) is 4.79 Å². The van der Waals surface area contributed by atoms with E-state index in [1.807, 2.05) is 37.8 Å². The van der Waals surface area contributed by atoms with Gasteiger partial charge in [0.15, 0.2) is 0 Å². The number of amides is 1. The van der Waals surface area contributed by atoms with Crippen molar-refractivity contribution < 1.29 is 9.53 Å². The minimum absolute atomic E-state index is 0.390. The second-order valence-corrected chi connectivity index (χ2v) is 5.62. The van der Waals surface area contributed by atoms with Crippen LogP contribution in [0.4, 0.5) is 4.79 Å². The molecule has 0 saturated carbocycles. The lowest BCUT2D eigenvalue weighted by Crippen LogP contribution is -2.34. The van der Waals surface area contributed by atoms with Crippen molar-refractivity contribution in [2.45, 2.75) is 52.7 Å². The predicted octanol–water partition coefficient (Wildman–Crippen LogP) is 2.53. The van der Waals surface area contributed by atoms with E-state index in [1.165, 1.54) is 5.56 Å². The minimum Gasteiger partial charge on any atom is -0.444 e. The van der Waals surface area contributed by atoms with Crippen molar-refractivity contribution >= 4 is 6.09 Å². The van der Waals surface area contributed by atoms with Gasteiger partial charge in [0.25, 0.3) is 0 Å². The fourth-order valence-electron chi connectivity index (χ4n) is 1.39. The van der Waals surface area contributed by atoms with Crippen molar-refractivity contribution in [3.63, 3.8) is 0 Å². The molecule has 0 radical (unpaired) electrons. The van der Waals surface area contributed by atoms with E-state index in [4.69, 9.17) is 4.74 Å². The molecule has 18 heavy (non-hydrogen) atoms. The number of hydrogen-bond donors (Lipinski definition) is 1.